The first-order chi connectivity index (χ1) is 8.61. The van der Waals surface area contributed by atoms with Crippen molar-refractivity contribution in [1.29, 1.82) is 0 Å². The van der Waals surface area contributed by atoms with E-state index in [0.29, 0.717) is 17.8 Å². The Morgan fingerprint density at radius 1 is 1.28 bits per heavy atom. The summed E-state index contributed by atoms with van der Waals surface area (Å²) in [5.74, 6) is 1.26. The van der Waals surface area contributed by atoms with Crippen LogP contribution in [0.25, 0.3) is 0 Å². The van der Waals surface area contributed by atoms with Gasteiger partial charge in [-0.15, -0.1) is 0 Å². The maximum absolute atomic E-state index is 13.5. The van der Waals surface area contributed by atoms with Gasteiger partial charge in [-0.2, -0.15) is 0 Å². The molecule has 0 radical (unpaired) electrons. The van der Waals surface area contributed by atoms with E-state index in [1.807, 2.05) is 31.0 Å². The van der Waals surface area contributed by atoms with Crippen molar-refractivity contribution in [2.24, 2.45) is 0 Å². The lowest BCUT2D eigenvalue weighted by molar-refractivity contribution is 0.276. The molecule has 2 aromatic rings. The van der Waals surface area contributed by atoms with Crippen molar-refractivity contribution in [3.63, 3.8) is 0 Å². The van der Waals surface area contributed by atoms with Crippen LogP contribution in [0.15, 0.2) is 34.7 Å². The Balaban J connectivity index is 2.23. The largest absolute Gasteiger partial charge is 0.464 e. The number of aliphatic hydroxyl groups is 1. The predicted octanol–water partition coefficient (Wildman–Crippen LogP) is 2.86. The van der Waals surface area contributed by atoms with Gasteiger partial charge in [-0.1, -0.05) is 6.07 Å². The summed E-state index contributed by atoms with van der Waals surface area (Å²) in [7, 11) is 1.84. The quantitative estimate of drug-likeness (QED) is 0.905. The fourth-order valence-corrected chi connectivity index (χ4v) is 1.95. The molecule has 4 heteroatoms. The highest BCUT2D eigenvalue weighted by Crippen LogP contribution is 2.24. The van der Waals surface area contributed by atoms with Crippen LogP contribution in [0.1, 0.15) is 17.1 Å². The lowest BCUT2D eigenvalue weighted by Crippen LogP contribution is -2.18. The van der Waals surface area contributed by atoms with Gasteiger partial charge in [0.15, 0.2) is 0 Å². The van der Waals surface area contributed by atoms with Crippen LogP contribution in [0.4, 0.5) is 10.1 Å². The Hall–Kier alpha value is -1.81. The molecule has 0 aliphatic rings. The van der Waals surface area contributed by atoms with E-state index in [-0.39, 0.29) is 6.61 Å². The predicted molar refractivity (Wildman–Crippen MR) is 67.9 cm³/mol. The number of halogens is 1. The summed E-state index contributed by atoms with van der Waals surface area (Å²) in [5.41, 5.74) is 0.981. The van der Waals surface area contributed by atoms with Gasteiger partial charge >= 0.3 is 0 Å². The molecule has 1 N–H and O–H groups in total. The molecule has 1 heterocycles. The van der Waals surface area contributed by atoms with Gasteiger partial charge in [-0.3, -0.25) is 0 Å². The van der Waals surface area contributed by atoms with Crippen LogP contribution in [0.5, 0.6) is 0 Å². The number of aliphatic hydroxyl groups excluding tert-OH is 1. The molecule has 0 spiro atoms. The number of furan rings is 1. The molecule has 0 aliphatic heterocycles. The van der Waals surface area contributed by atoms with Gasteiger partial charge in [0.25, 0.3) is 0 Å². The van der Waals surface area contributed by atoms with Crippen molar-refractivity contribution >= 4 is 5.69 Å². The molecule has 0 saturated heterocycles. The van der Waals surface area contributed by atoms with Crippen molar-refractivity contribution in [3.05, 3.63) is 53.2 Å². The molecule has 0 unspecified atom stereocenters. The first-order valence-electron chi connectivity index (χ1n) is 5.76. The minimum absolute atomic E-state index is 0.309. The average Bonchev–Trinajstić information content (AvgIpc) is 2.74. The molecule has 18 heavy (non-hydrogen) atoms. The second-order valence-corrected chi connectivity index (χ2v) is 4.26. The summed E-state index contributed by atoms with van der Waals surface area (Å²) in [4.78, 5) is 1.85. The monoisotopic (exact) mass is 249 g/mol. The fourth-order valence-electron chi connectivity index (χ4n) is 1.95. The molecule has 96 valence electrons. The maximum atomic E-state index is 13.5. The third kappa shape index (κ3) is 2.54. The molecule has 0 fully saturated rings. The second-order valence-electron chi connectivity index (χ2n) is 4.26. The minimum Gasteiger partial charge on any atom is -0.464 e. The molecule has 0 atom stereocenters. The van der Waals surface area contributed by atoms with E-state index < -0.39 is 5.82 Å². The van der Waals surface area contributed by atoms with Crippen LogP contribution in [-0.2, 0) is 13.2 Å². The van der Waals surface area contributed by atoms with Crippen LogP contribution >= 0.6 is 0 Å². The highest BCUT2D eigenvalue weighted by Gasteiger charge is 2.12. The van der Waals surface area contributed by atoms with Crippen LogP contribution in [0.2, 0.25) is 0 Å². The zero-order valence-electron chi connectivity index (χ0n) is 10.5. The zero-order valence-corrected chi connectivity index (χ0v) is 10.5. The summed E-state index contributed by atoms with van der Waals surface area (Å²) in [6.45, 7) is 2.10. The number of nitrogens with zero attached hydrogens (tertiary/aromatic N) is 1. The highest BCUT2D eigenvalue weighted by molar-refractivity contribution is 5.53. The van der Waals surface area contributed by atoms with Crippen molar-refractivity contribution in [1.82, 2.24) is 0 Å². The standard InChI is InChI=1S/C14H16FNO2/c1-10-6-7-11(18-10)8-16(2)14-5-3-4-13(15)12(14)9-17/h3-7,17H,8-9H2,1-2H3. The van der Waals surface area contributed by atoms with Crippen LogP contribution in [0.3, 0.4) is 0 Å². The lowest BCUT2D eigenvalue weighted by atomic mass is 10.1. The molecule has 1 aromatic carbocycles. The third-order valence-electron chi connectivity index (χ3n) is 2.85. The van der Waals surface area contributed by atoms with Crippen LogP contribution in [0, 0.1) is 12.7 Å². The summed E-state index contributed by atoms with van der Waals surface area (Å²) in [6, 6.07) is 8.55. The van der Waals surface area contributed by atoms with Gasteiger partial charge in [0.2, 0.25) is 0 Å². The Kier molecular flexibility index (Phi) is 3.67. The SMILES string of the molecule is Cc1ccc(CN(C)c2cccc(F)c2CO)o1. The van der Waals surface area contributed by atoms with Crippen molar-refractivity contribution < 1.29 is 13.9 Å². The smallest absolute Gasteiger partial charge is 0.130 e. The van der Waals surface area contributed by atoms with Crippen LogP contribution < -0.4 is 4.90 Å². The van der Waals surface area contributed by atoms with Gasteiger partial charge in [0, 0.05) is 18.3 Å². The minimum atomic E-state index is -0.391. The molecular formula is C14H16FNO2. The normalized spacial score (nSPS) is 10.7. The molecule has 0 amide bonds. The fraction of sp³-hybridized carbons (Fsp3) is 0.286. The van der Waals surface area contributed by atoms with E-state index in [0.717, 1.165) is 11.5 Å². The molecule has 0 bridgehead atoms. The van der Waals surface area contributed by atoms with E-state index in [1.165, 1.54) is 6.07 Å². The first-order valence-corrected chi connectivity index (χ1v) is 5.76. The average molecular weight is 249 g/mol. The Morgan fingerprint density at radius 2 is 2.06 bits per heavy atom. The van der Waals surface area contributed by atoms with Gasteiger partial charge in [0.1, 0.15) is 17.3 Å². The molecule has 3 nitrogen and oxygen atoms in total. The molecule has 1 aromatic heterocycles. The highest BCUT2D eigenvalue weighted by atomic mass is 19.1. The van der Waals surface area contributed by atoms with Gasteiger partial charge in [-0.05, 0) is 31.2 Å². The third-order valence-corrected chi connectivity index (χ3v) is 2.85. The number of hydrogen-bond donors (Lipinski definition) is 1. The van der Waals surface area contributed by atoms with Gasteiger partial charge in [-0.25, -0.2) is 4.39 Å². The van der Waals surface area contributed by atoms with E-state index >= 15 is 0 Å². The molecular weight excluding hydrogens is 233 g/mol. The van der Waals surface area contributed by atoms with Gasteiger partial charge < -0.3 is 14.4 Å². The van der Waals surface area contributed by atoms with Crippen molar-refractivity contribution in [2.45, 2.75) is 20.1 Å². The topological polar surface area (TPSA) is 36.6 Å². The van der Waals surface area contributed by atoms with Crippen molar-refractivity contribution in [3.8, 4) is 0 Å². The van der Waals surface area contributed by atoms with Crippen molar-refractivity contribution in [2.75, 3.05) is 11.9 Å². The Labute approximate surface area is 105 Å². The number of hydrogen-bond acceptors (Lipinski definition) is 3. The molecule has 2 rings (SSSR count). The van der Waals surface area contributed by atoms with E-state index in [4.69, 9.17) is 4.42 Å². The number of aryl methyl sites for hydroxylation is 1. The van der Waals surface area contributed by atoms with E-state index in [1.54, 1.807) is 12.1 Å². The summed E-state index contributed by atoms with van der Waals surface area (Å²) in [6.07, 6.45) is 0. The number of benzene rings is 1. The van der Waals surface area contributed by atoms with E-state index in [2.05, 4.69) is 0 Å². The number of rotatable bonds is 4. The van der Waals surface area contributed by atoms with Crippen LogP contribution in [-0.4, -0.2) is 12.2 Å². The zero-order chi connectivity index (χ0) is 13.1. The summed E-state index contributed by atoms with van der Waals surface area (Å²) in [5, 5.41) is 9.23. The summed E-state index contributed by atoms with van der Waals surface area (Å²) >= 11 is 0. The van der Waals surface area contributed by atoms with Gasteiger partial charge in [0.05, 0.1) is 13.2 Å². The lowest BCUT2D eigenvalue weighted by Gasteiger charge is -2.21. The summed E-state index contributed by atoms with van der Waals surface area (Å²) < 4.78 is 19.0. The first kappa shape index (κ1) is 12.6. The molecule has 0 aliphatic carbocycles. The Morgan fingerprint density at radius 3 is 2.67 bits per heavy atom. The Bertz CT molecular complexity index is 536. The second kappa shape index (κ2) is 5.23. The maximum Gasteiger partial charge on any atom is 0.130 e. The number of anilines is 1. The molecule has 0 saturated carbocycles. The van der Waals surface area contributed by atoms with E-state index in [9.17, 15) is 9.50 Å².